The average molecular weight is 462 g/mol. The molecule has 3 aromatic rings. The Hall–Kier alpha value is -2.36. The van der Waals surface area contributed by atoms with E-state index >= 15 is 0 Å². The van der Waals surface area contributed by atoms with Crippen LogP contribution in [0.1, 0.15) is 32.7 Å². The van der Waals surface area contributed by atoms with Gasteiger partial charge in [0.25, 0.3) is 10.0 Å². The molecule has 0 spiro atoms. The van der Waals surface area contributed by atoms with Gasteiger partial charge in [-0.05, 0) is 76.2 Å². The van der Waals surface area contributed by atoms with E-state index in [1.807, 2.05) is 13.8 Å². The number of likely N-dealkylation sites (tertiary alicyclic amines) is 1. The molecular formula is C22H27N3O4S2. The second-order valence-corrected chi connectivity index (χ2v) is 10.9. The number of sulfonamides is 1. The number of hydrogen-bond donors (Lipinski definition) is 1. The molecule has 2 aromatic carbocycles. The van der Waals surface area contributed by atoms with E-state index in [4.69, 9.17) is 4.74 Å². The van der Waals surface area contributed by atoms with Gasteiger partial charge in [0.1, 0.15) is 11.9 Å². The number of nitrogens with one attached hydrogen (secondary N) is 1. The smallest absolute Gasteiger partial charge is 0.308 e. The molecule has 9 heteroatoms. The number of rotatable bonds is 6. The Morgan fingerprint density at radius 1 is 1.10 bits per heavy atom. The summed E-state index contributed by atoms with van der Waals surface area (Å²) in [6.45, 7) is 5.89. The lowest BCUT2D eigenvalue weighted by Gasteiger charge is -2.29. The minimum atomic E-state index is -3.78. The van der Waals surface area contributed by atoms with Gasteiger partial charge in [-0.15, -0.1) is 0 Å². The first-order chi connectivity index (χ1) is 14.7. The topological polar surface area (TPSA) is 80.6 Å². The quantitative estimate of drug-likeness (QED) is 0.602. The third-order valence-corrected chi connectivity index (χ3v) is 7.78. The van der Waals surface area contributed by atoms with Gasteiger partial charge in [-0.1, -0.05) is 11.3 Å². The highest BCUT2D eigenvalue weighted by Crippen LogP contribution is 2.26. The summed E-state index contributed by atoms with van der Waals surface area (Å²) in [5.74, 6) is 0.735. The van der Waals surface area contributed by atoms with Crippen LogP contribution in [-0.4, -0.2) is 44.1 Å². The Labute approximate surface area is 186 Å². The summed E-state index contributed by atoms with van der Waals surface area (Å²) >= 11 is 1.06. The molecular weight excluding hydrogens is 434 g/mol. The van der Waals surface area contributed by atoms with E-state index in [9.17, 15) is 13.2 Å². The fourth-order valence-corrected chi connectivity index (χ4v) is 6.00. The lowest BCUT2D eigenvalue weighted by Crippen LogP contribution is -2.35. The van der Waals surface area contributed by atoms with Crippen molar-refractivity contribution in [2.75, 3.05) is 24.9 Å². The van der Waals surface area contributed by atoms with Crippen molar-refractivity contribution in [1.29, 1.82) is 0 Å². The standard InChI is InChI=1S/C22H27N3O4S2/c1-15(2)25-20-9-8-19(14-21(20)30-22(25)26)31(27,28)23-16-4-6-17(7-5-16)29-18-10-12-24(3)13-11-18/h4-9,14-15,18,23H,10-13H2,1-3H3. The van der Waals surface area contributed by atoms with Crippen LogP contribution in [0.25, 0.3) is 10.2 Å². The number of ether oxygens (including phenoxy) is 1. The van der Waals surface area contributed by atoms with Gasteiger partial charge in [0.15, 0.2) is 0 Å². The largest absolute Gasteiger partial charge is 0.490 e. The molecule has 0 atom stereocenters. The zero-order chi connectivity index (χ0) is 22.2. The summed E-state index contributed by atoms with van der Waals surface area (Å²) < 4.78 is 36.7. The molecule has 1 aromatic heterocycles. The number of hydrogen-bond acceptors (Lipinski definition) is 6. The Morgan fingerprint density at radius 3 is 2.42 bits per heavy atom. The van der Waals surface area contributed by atoms with Crippen LogP contribution in [0.15, 0.2) is 52.2 Å². The molecule has 1 aliphatic rings. The van der Waals surface area contributed by atoms with E-state index in [1.165, 1.54) is 6.07 Å². The zero-order valence-corrected chi connectivity index (χ0v) is 19.5. The molecule has 0 amide bonds. The Morgan fingerprint density at radius 2 is 1.77 bits per heavy atom. The van der Waals surface area contributed by atoms with Gasteiger partial charge >= 0.3 is 4.87 Å². The van der Waals surface area contributed by atoms with Crippen LogP contribution in [0, 0.1) is 0 Å². The van der Waals surface area contributed by atoms with Gasteiger partial charge in [0, 0.05) is 24.8 Å². The number of anilines is 1. The van der Waals surface area contributed by atoms with Crippen LogP contribution >= 0.6 is 11.3 Å². The fraction of sp³-hybridized carbons (Fsp3) is 0.409. The number of piperidine rings is 1. The third-order valence-electron chi connectivity index (χ3n) is 5.49. The molecule has 166 valence electrons. The highest BCUT2D eigenvalue weighted by Gasteiger charge is 2.19. The molecule has 2 heterocycles. The molecule has 0 aliphatic carbocycles. The van der Waals surface area contributed by atoms with Gasteiger partial charge in [0.2, 0.25) is 0 Å². The van der Waals surface area contributed by atoms with Gasteiger partial charge in [-0.3, -0.25) is 14.1 Å². The van der Waals surface area contributed by atoms with Crippen LogP contribution in [0.4, 0.5) is 5.69 Å². The lowest BCUT2D eigenvalue weighted by atomic mass is 10.1. The fourth-order valence-electron chi connectivity index (χ4n) is 3.78. The molecule has 1 N–H and O–H groups in total. The Kier molecular flexibility index (Phi) is 6.09. The van der Waals surface area contributed by atoms with Crippen LogP contribution in [0.3, 0.4) is 0 Å². The molecule has 4 rings (SSSR count). The predicted octanol–water partition coefficient (Wildman–Crippen LogP) is 3.92. The molecule has 0 radical (unpaired) electrons. The molecule has 31 heavy (non-hydrogen) atoms. The van der Waals surface area contributed by atoms with E-state index in [0.717, 1.165) is 48.5 Å². The van der Waals surface area contributed by atoms with E-state index in [1.54, 1.807) is 41.0 Å². The highest BCUT2D eigenvalue weighted by atomic mass is 32.2. The van der Waals surface area contributed by atoms with Crippen molar-refractivity contribution in [3.63, 3.8) is 0 Å². The molecule has 1 aliphatic heterocycles. The van der Waals surface area contributed by atoms with Crippen LogP contribution in [0.5, 0.6) is 5.75 Å². The molecule has 7 nitrogen and oxygen atoms in total. The average Bonchev–Trinajstić information content (AvgIpc) is 3.06. The van der Waals surface area contributed by atoms with Gasteiger partial charge in [0.05, 0.1) is 15.1 Å². The molecule has 0 bridgehead atoms. The number of nitrogens with zero attached hydrogens (tertiary/aromatic N) is 2. The normalized spacial score (nSPS) is 16.1. The second-order valence-electron chi connectivity index (χ2n) is 8.21. The SMILES string of the molecule is CC(C)n1c(=O)sc2cc(S(=O)(=O)Nc3ccc(OC4CCN(C)CC4)cc3)ccc21. The summed E-state index contributed by atoms with van der Waals surface area (Å²) in [5, 5.41) is 0. The number of benzene rings is 2. The van der Waals surface area contributed by atoms with Crippen LogP contribution < -0.4 is 14.3 Å². The maximum atomic E-state index is 12.9. The summed E-state index contributed by atoms with van der Waals surface area (Å²) in [5.41, 5.74) is 1.21. The van der Waals surface area contributed by atoms with Gasteiger partial charge in [-0.25, -0.2) is 8.42 Å². The first-order valence-electron chi connectivity index (χ1n) is 10.4. The Balaban J connectivity index is 1.49. The van der Waals surface area contributed by atoms with E-state index in [2.05, 4.69) is 16.7 Å². The van der Waals surface area contributed by atoms with Gasteiger partial charge < -0.3 is 9.64 Å². The lowest BCUT2D eigenvalue weighted by molar-refractivity contribution is 0.114. The molecule has 1 saturated heterocycles. The van der Waals surface area contributed by atoms with Crippen molar-refractivity contribution in [2.45, 2.75) is 43.7 Å². The summed E-state index contributed by atoms with van der Waals surface area (Å²) in [6.07, 6.45) is 2.16. The minimum Gasteiger partial charge on any atom is -0.490 e. The number of fused-ring (bicyclic) bond motifs is 1. The van der Waals surface area contributed by atoms with Crippen molar-refractivity contribution < 1.29 is 13.2 Å². The predicted molar refractivity (Wildman–Crippen MR) is 125 cm³/mol. The van der Waals surface area contributed by atoms with Gasteiger partial charge in [-0.2, -0.15) is 0 Å². The van der Waals surface area contributed by atoms with Crippen molar-refractivity contribution in [3.8, 4) is 5.75 Å². The van der Waals surface area contributed by atoms with E-state index in [-0.39, 0.29) is 21.9 Å². The summed E-state index contributed by atoms with van der Waals surface area (Å²) in [7, 11) is -1.67. The Bertz CT molecular complexity index is 1220. The number of aromatic nitrogens is 1. The molecule has 1 fully saturated rings. The first-order valence-corrected chi connectivity index (χ1v) is 12.7. The van der Waals surface area contributed by atoms with Crippen molar-refractivity contribution in [3.05, 3.63) is 52.1 Å². The summed E-state index contributed by atoms with van der Waals surface area (Å²) in [4.78, 5) is 14.5. The highest BCUT2D eigenvalue weighted by molar-refractivity contribution is 7.92. The van der Waals surface area contributed by atoms with Crippen molar-refractivity contribution >= 4 is 37.3 Å². The van der Waals surface area contributed by atoms with Crippen LogP contribution in [0.2, 0.25) is 0 Å². The zero-order valence-electron chi connectivity index (χ0n) is 17.9. The monoisotopic (exact) mass is 461 g/mol. The maximum absolute atomic E-state index is 12.9. The van der Waals surface area contributed by atoms with E-state index in [0.29, 0.717) is 10.4 Å². The maximum Gasteiger partial charge on any atom is 0.308 e. The van der Waals surface area contributed by atoms with Crippen LogP contribution in [-0.2, 0) is 10.0 Å². The van der Waals surface area contributed by atoms with E-state index < -0.39 is 10.0 Å². The minimum absolute atomic E-state index is 0.0112. The number of thiazole rings is 1. The third kappa shape index (κ3) is 4.78. The second kappa shape index (κ2) is 8.64. The first kappa shape index (κ1) is 21.9. The van der Waals surface area contributed by atoms with Crippen molar-refractivity contribution in [1.82, 2.24) is 9.47 Å². The molecule has 0 saturated carbocycles. The van der Waals surface area contributed by atoms with Crippen molar-refractivity contribution in [2.24, 2.45) is 0 Å². The summed E-state index contributed by atoms with van der Waals surface area (Å²) in [6, 6.07) is 11.8. The molecule has 0 unspecified atom stereocenters.